The van der Waals surface area contributed by atoms with Crippen LogP contribution in [-0.4, -0.2) is 19.8 Å². The smallest absolute Gasteiger partial charge is 0.207 e. The Morgan fingerprint density at radius 3 is 1.90 bits per heavy atom. The molecule has 0 aliphatic rings. The highest BCUT2D eigenvalue weighted by molar-refractivity contribution is 7.19. The molecule has 0 N–H and O–H groups in total. The van der Waals surface area contributed by atoms with Crippen molar-refractivity contribution in [2.24, 2.45) is 0 Å². The average Bonchev–Trinajstić information content (AvgIpc) is 3.21. The Balaban J connectivity index is 1.87. The SMILES string of the molecule is Fc1ccc(-c2nn3c(-c4cc(C(F)(F)F)cc(C(F)(F)F)c4)nnc3s2)cc1. The Labute approximate surface area is 161 Å². The topological polar surface area (TPSA) is 43.1 Å². The van der Waals surface area contributed by atoms with E-state index in [-0.39, 0.29) is 16.9 Å². The molecule has 0 aliphatic heterocycles. The first-order valence-electron chi connectivity index (χ1n) is 7.80. The van der Waals surface area contributed by atoms with Crippen molar-refractivity contribution in [2.45, 2.75) is 12.4 Å². The van der Waals surface area contributed by atoms with Gasteiger partial charge in [0.15, 0.2) is 5.82 Å². The lowest BCUT2D eigenvalue weighted by molar-refractivity contribution is -0.143. The molecular weight excluding hydrogens is 425 g/mol. The molecule has 4 rings (SSSR count). The number of fused-ring (bicyclic) bond motifs is 1. The minimum atomic E-state index is -4.98. The molecule has 0 unspecified atom stereocenters. The first kappa shape index (κ1) is 19.3. The number of benzene rings is 2. The van der Waals surface area contributed by atoms with Crippen LogP contribution in [0.2, 0.25) is 0 Å². The lowest BCUT2D eigenvalue weighted by atomic mass is 10.0. The number of alkyl halides is 6. The van der Waals surface area contributed by atoms with Crippen molar-refractivity contribution < 1.29 is 30.7 Å². The first-order chi connectivity index (χ1) is 13.5. The fraction of sp³-hybridized carbons (Fsp3) is 0.118. The van der Waals surface area contributed by atoms with Gasteiger partial charge < -0.3 is 0 Å². The van der Waals surface area contributed by atoms with Gasteiger partial charge in [-0.1, -0.05) is 11.3 Å². The monoisotopic (exact) mass is 432 g/mol. The fourth-order valence-corrected chi connectivity index (χ4v) is 3.43. The van der Waals surface area contributed by atoms with Gasteiger partial charge in [-0.15, -0.1) is 10.2 Å². The molecule has 4 aromatic rings. The first-order valence-corrected chi connectivity index (χ1v) is 8.62. The van der Waals surface area contributed by atoms with Crippen LogP contribution in [0.15, 0.2) is 42.5 Å². The van der Waals surface area contributed by atoms with Crippen LogP contribution in [0, 0.1) is 5.82 Å². The van der Waals surface area contributed by atoms with Crippen LogP contribution >= 0.6 is 11.3 Å². The molecule has 0 saturated carbocycles. The van der Waals surface area contributed by atoms with Gasteiger partial charge in [0.1, 0.15) is 10.8 Å². The van der Waals surface area contributed by atoms with Crippen molar-refractivity contribution >= 4 is 16.3 Å². The van der Waals surface area contributed by atoms with Crippen LogP contribution in [-0.2, 0) is 12.4 Å². The second-order valence-corrected chi connectivity index (χ2v) is 6.88. The van der Waals surface area contributed by atoms with Crippen LogP contribution < -0.4 is 0 Å². The van der Waals surface area contributed by atoms with E-state index in [1.807, 2.05) is 0 Å². The number of hydrogen-bond acceptors (Lipinski definition) is 4. The third kappa shape index (κ3) is 3.67. The van der Waals surface area contributed by atoms with Crippen molar-refractivity contribution in [1.82, 2.24) is 19.8 Å². The van der Waals surface area contributed by atoms with Gasteiger partial charge in [0.25, 0.3) is 0 Å². The number of hydrogen-bond donors (Lipinski definition) is 0. The summed E-state index contributed by atoms with van der Waals surface area (Å²) in [5.41, 5.74) is -2.86. The Morgan fingerprint density at radius 1 is 0.759 bits per heavy atom. The highest BCUT2D eigenvalue weighted by Gasteiger charge is 2.37. The maximum absolute atomic E-state index is 13.1. The van der Waals surface area contributed by atoms with E-state index in [9.17, 15) is 30.7 Å². The predicted octanol–water partition coefficient (Wildman–Crippen LogP) is 5.70. The number of aromatic nitrogens is 4. The summed E-state index contributed by atoms with van der Waals surface area (Å²) in [6.07, 6.45) is -9.97. The molecule has 0 bridgehead atoms. The minimum absolute atomic E-state index is 0.0344. The summed E-state index contributed by atoms with van der Waals surface area (Å²) in [6, 6.07) is 6.42. The Morgan fingerprint density at radius 2 is 1.34 bits per heavy atom. The van der Waals surface area contributed by atoms with Gasteiger partial charge in [-0.2, -0.15) is 36.0 Å². The predicted molar refractivity (Wildman–Crippen MR) is 89.5 cm³/mol. The van der Waals surface area contributed by atoms with E-state index in [0.29, 0.717) is 22.7 Å². The zero-order valence-corrected chi connectivity index (χ0v) is 14.7. The minimum Gasteiger partial charge on any atom is -0.207 e. The van der Waals surface area contributed by atoms with Gasteiger partial charge in [0.05, 0.1) is 11.1 Å². The standard InChI is InChI=1S/C17H7F7N4S/c18-12-3-1-8(2-4-12)14-27-28-13(25-26-15(28)29-14)9-5-10(16(19,20)21)7-11(6-9)17(22,23)24/h1-7H. The summed E-state index contributed by atoms with van der Waals surface area (Å²) in [4.78, 5) is 0.158. The van der Waals surface area contributed by atoms with Gasteiger partial charge in [0, 0.05) is 11.1 Å². The Hall–Kier alpha value is -3.02. The zero-order valence-electron chi connectivity index (χ0n) is 13.9. The number of nitrogens with zero attached hydrogens (tertiary/aromatic N) is 4. The second-order valence-electron chi connectivity index (χ2n) is 5.93. The summed E-state index contributed by atoms with van der Waals surface area (Å²) in [5, 5.41) is 12.0. The Kier molecular flexibility index (Phi) is 4.33. The van der Waals surface area contributed by atoms with Gasteiger partial charge in [0.2, 0.25) is 4.96 Å². The molecule has 0 amide bonds. The molecular formula is C17H7F7N4S. The van der Waals surface area contributed by atoms with Crippen LogP contribution in [0.3, 0.4) is 0 Å². The Bertz CT molecular complexity index is 1160. The molecule has 0 saturated heterocycles. The van der Waals surface area contributed by atoms with E-state index in [1.165, 1.54) is 24.3 Å². The summed E-state index contributed by atoms with van der Waals surface area (Å²) in [5.74, 6) is -0.748. The average molecular weight is 432 g/mol. The molecule has 29 heavy (non-hydrogen) atoms. The molecule has 0 atom stereocenters. The lowest BCUT2D eigenvalue weighted by Gasteiger charge is -2.13. The summed E-state index contributed by atoms with van der Waals surface area (Å²) < 4.78 is 92.7. The summed E-state index contributed by atoms with van der Waals surface area (Å²) in [6.45, 7) is 0. The molecule has 0 aliphatic carbocycles. The molecule has 0 radical (unpaired) electrons. The molecule has 4 nitrogen and oxygen atoms in total. The van der Waals surface area contributed by atoms with Crippen molar-refractivity contribution in [2.75, 3.05) is 0 Å². The number of rotatable bonds is 2. The van der Waals surface area contributed by atoms with Crippen LogP contribution in [0.25, 0.3) is 26.9 Å². The van der Waals surface area contributed by atoms with Crippen LogP contribution in [0.5, 0.6) is 0 Å². The van der Waals surface area contributed by atoms with E-state index >= 15 is 0 Å². The van der Waals surface area contributed by atoms with Gasteiger partial charge in [-0.05, 0) is 42.5 Å². The van der Waals surface area contributed by atoms with E-state index < -0.39 is 34.9 Å². The fourth-order valence-electron chi connectivity index (χ4n) is 2.59. The molecule has 2 aromatic heterocycles. The molecule has 12 heteroatoms. The van der Waals surface area contributed by atoms with Crippen LogP contribution in [0.4, 0.5) is 30.7 Å². The highest BCUT2D eigenvalue weighted by Crippen LogP contribution is 2.38. The van der Waals surface area contributed by atoms with E-state index in [4.69, 9.17) is 0 Å². The van der Waals surface area contributed by atoms with E-state index in [0.717, 1.165) is 15.9 Å². The van der Waals surface area contributed by atoms with Crippen molar-refractivity contribution in [3.8, 4) is 22.0 Å². The maximum atomic E-state index is 13.1. The summed E-state index contributed by atoms with van der Waals surface area (Å²) >= 11 is 1.00. The quantitative estimate of drug-likeness (QED) is 0.382. The molecule has 0 fully saturated rings. The molecule has 150 valence electrons. The van der Waals surface area contributed by atoms with Crippen molar-refractivity contribution in [1.29, 1.82) is 0 Å². The van der Waals surface area contributed by atoms with Crippen molar-refractivity contribution in [3.05, 3.63) is 59.4 Å². The largest absolute Gasteiger partial charge is 0.416 e. The summed E-state index contributed by atoms with van der Waals surface area (Å²) in [7, 11) is 0. The van der Waals surface area contributed by atoms with Gasteiger partial charge in [-0.3, -0.25) is 0 Å². The third-order valence-electron chi connectivity index (χ3n) is 3.93. The number of halogens is 7. The lowest BCUT2D eigenvalue weighted by Crippen LogP contribution is -2.11. The van der Waals surface area contributed by atoms with E-state index in [2.05, 4.69) is 15.3 Å². The maximum Gasteiger partial charge on any atom is 0.416 e. The van der Waals surface area contributed by atoms with E-state index in [1.54, 1.807) is 0 Å². The zero-order chi connectivity index (χ0) is 21.0. The van der Waals surface area contributed by atoms with Gasteiger partial charge >= 0.3 is 12.4 Å². The normalized spacial score (nSPS) is 12.7. The molecule has 2 heterocycles. The van der Waals surface area contributed by atoms with Gasteiger partial charge in [-0.25, -0.2) is 4.39 Å². The van der Waals surface area contributed by atoms with Crippen molar-refractivity contribution in [3.63, 3.8) is 0 Å². The van der Waals surface area contributed by atoms with Crippen LogP contribution in [0.1, 0.15) is 11.1 Å². The molecule has 2 aromatic carbocycles. The third-order valence-corrected chi connectivity index (χ3v) is 4.88. The molecule has 0 spiro atoms. The second kappa shape index (κ2) is 6.51. The highest BCUT2D eigenvalue weighted by atomic mass is 32.1.